The molecule has 1 saturated heterocycles. The van der Waals surface area contributed by atoms with Gasteiger partial charge in [0.2, 0.25) is 5.91 Å². The van der Waals surface area contributed by atoms with Gasteiger partial charge in [0.25, 0.3) is 0 Å². The Morgan fingerprint density at radius 2 is 2.03 bits per heavy atom. The van der Waals surface area contributed by atoms with Crippen molar-refractivity contribution in [2.24, 2.45) is 0 Å². The van der Waals surface area contributed by atoms with Crippen LogP contribution < -0.4 is 4.74 Å². The normalized spacial score (nSPS) is 16.3. The summed E-state index contributed by atoms with van der Waals surface area (Å²) >= 11 is 0. The van der Waals surface area contributed by atoms with Crippen molar-refractivity contribution < 1.29 is 14.3 Å². The van der Waals surface area contributed by atoms with Gasteiger partial charge >= 0.3 is 0 Å². The number of amides is 1. The van der Waals surface area contributed by atoms with E-state index in [0.717, 1.165) is 41.0 Å². The van der Waals surface area contributed by atoms with Crippen LogP contribution in [-0.4, -0.2) is 40.2 Å². The Labute approximate surface area is 169 Å². The molecule has 1 aliphatic rings. The molecule has 0 aliphatic carbocycles. The van der Waals surface area contributed by atoms with Crippen LogP contribution in [0.15, 0.2) is 42.5 Å². The summed E-state index contributed by atoms with van der Waals surface area (Å²) in [4.78, 5) is 35.3. The van der Waals surface area contributed by atoms with Crippen LogP contribution in [0.4, 0.5) is 0 Å². The second-order valence-electron chi connectivity index (χ2n) is 7.49. The monoisotopic (exact) mass is 391 g/mol. The third-order valence-electron chi connectivity index (χ3n) is 5.58. The van der Waals surface area contributed by atoms with Crippen molar-refractivity contribution in [2.75, 3.05) is 13.7 Å². The van der Waals surface area contributed by atoms with E-state index in [9.17, 15) is 9.59 Å². The van der Waals surface area contributed by atoms with Gasteiger partial charge in [-0.25, -0.2) is 4.98 Å². The molecule has 0 bridgehead atoms. The Bertz CT molecular complexity index is 1020. The Morgan fingerprint density at radius 3 is 2.79 bits per heavy atom. The molecule has 6 heteroatoms. The summed E-state index contributed by atoms with van der Waals surface area (Å²) in [5.74, 6) is 1.56. The van der Waals surface area contributed by atoms with Gasteiger partial charge in [0.1, 0.15) is 11.6 Å². The molecule has 1 atom stereocenters. The minimum atomic E-state index is -0.0479. The fraction of sp³-hybridized carbons (Fsp3) is 0.348. The fourth-order valence-corrected chi connectivity index (χ4v) is 4.04. The number of hydrogen-bond donors (Lipinski definition) is 1. The second kappa shape index (κ2) is 8.07. The number of aromatic amines is 1. The zero-order chi connectivity index (χ0) is 20.4. The minimum Gasteiger partial charge on any atom is -0.496 e. The number of imidazole rings is 1. The molecular formula is C23H25N3O3. The minimum absolute atomic E-state index is 0.00606. The highest BCUT2D eigenvalue weighted by Crippen LogP contribution is 2.32. The number of ether oxygens (including phenoxy) is 1. The van der Waals surface area contributed by atoms with Gasteiger partial charge in [-0.05, 0) is 55.7 Å². The number of nitrogens with zero attached hydrogens (tertiary/aromatic N) is 2. The summed E-state index contributed by atoms with van der Waals surface area (Å²) in [6, 6.07) is 13.2. The molecule has 1 aliphatic heterocycles. The molecule has 6 nitrogen and oxygen atoms in total. The molecule has 0 spiro atoms. The van der Waals surface area contributed by atoms with E-state index in [1.54, 1.807) is 19.2 Å². The third-order valence-corrected chi connectivity index (χ3v) is 5.58. The number of rotatable bonds is 6. The Morgan fingerprint density at radius 1 is 1.21 bits per heavy atom. The first-order valence-corrected chi connectivity index (χ1v) is 9.99. The van der Waals surface area contributed by atoms with E-state index >= 15 is 0 Å². The molecule has 1 fully saturated rings. The number of fused-ring (bicyclic) bond motifs is 1. The predicted octanol–water partition coefficient (Wildman–Crippen LogP) is 4.21. The quantitative estimate of drug-likeness (QED) is 0.639. The lowest BCUT2D eigenvalue weighted by Gasteiger charge is -2.23. The van der Waals surface area contributed by atoms with Crippen molar-refractivity contribution in [1.29, 1.82) is 0 Å². The van der Waals surface area contributed by atoms with Crippen molar-refractivity contribution in [3.63, 3.8) is 0 Å². The van der Waals surface area contributed by atoms with Crippen LogP contribution in [0, 0.1) is 6.92 Å². The van der Waals surface area contributed by atoms with Gasteiger partial charge in [0.05, 0.1) is 24.2 Å². The van der Waals surface area contributed by atoms with Crippen LogP contribution in [0.25, 0.3) is 11.0 Å². The molecular weight excluding hydrogens is 366 g/mol. The smallest absolute Gasteiger partial charge is 0.223 e. The Hall–Kier alpha value is -3.15. The number of carbonyl (C=O) groups excluding carboxylic acids is 2. The number of benzene rings is 2. The number of nitrogens with one attached hydrogen (secondary N) is 1. The predicted molar refractivity (Wildman–Crippen MR) is 111 cm³/mol. The van der Waals surface area contributed by atoms with Crippen molar-refractivity contribution >= 4 is 22.7 Å². The zero-order valence-electron chi connectivity index (χ0n) is 16.8. The highest BCUT2D eigenvalue weighted by atomic mass is 16.5. The summed E-state index contributed by atoms with van der Waals surface area (Å²) < 4.78 is 5.24. The summed E-state index contributed by atoms with van der Waals surface area (Å²) in [6.45, 7) is 2.61. The van der Waals surface area contributed by atoms with Gasteiger partial charge in [-0.1, -0.05) is 12.1 Å². The van der Waals surface area contributed by atoms with Crippen molar-refractivity contribution in [2.45, 2.75) is 38.6 Å². The fourth-order valence-electron chi connectivity index (χ4n) is 4.04. The summed E-state index contributed by atoms with van der Waals surface area (Å²) in [5, 5.41) is 0. The number of methoxy groups -OCH3 is 1. The van der Waals surface area contributed by atoms with E-state index < -0.39 is 0 Å². The summed E-state index contributed by atoms with van der Waals surface area (Å²) in [7, 11) is 1.61. The molecule has 2 heterocycles. The van der Waals surface area contributed by atoms with E-state index in [1.165, 1.54) is 0 Å². The first-order chi connectivity index (χ1) is 14.1. The Kier molecular flexibility index (Phi) is 5.34. The number of para-hydroxylation sites is 2. The van der Waals surface area contributed by atoms with E-state index in [1.807, 2.05) is 42.2 Å². The third kappa shape index (κ3) is 3.88. The van der Waals surface area contributed by atoms with Gasteiger partial charge < -0.3 is 14.6 Å². The van der Waals surface area contributed by atoms with Gasteiger partial charge in [-0.2, -0.15) is 0 Å². The molecule has 0 saturated carbocycles. The average Bonchev–Trinajstić information content (AvgIpc) is 3.38. The van der Waals surface area contributed by atoms with Gasteiger partial charge in [0.15, 0.2) is 5.78 Å². The van der Waals surface area contributed by atoms with Crippen molar-refractivity contribution in [1.82, 2.24) is 14.9 Å². The lowest BCUT2D eigenvalue weighted by Crippen LogP contribution is -2.31. The molecule has 1 aromatic heterocycles. The van der Waals surface area contributed by atoms with Gasteiger partial charge in [0, 0.05) is 24.9 Å². The molecule has 29 heavy (non-hydrogen) atoms. The lowest BCUT2D eigenvalue weighted by atomic mass is 10.0. The standard InChI is InChI=1S/C23H25N3O3/c1-15-14-16(9-11-21(15)29-2)20(27)10-12-22(28)26-13-5-8-19(26)23-24-17-6-3-4-7-18(17)25-23/h3-4,6-7,9,11,14,19H,5,8,10,12-13H2,1-2H3,(H,24,25). The maximum absolute atomic E-state index is 12.9. The summed E-state index contributed by atoms with van der Waals surface area (Å²) in [5.41, 5.74) is 3.42. The van der Waals surface area contributed by atoms with Crippen LogP contribution in [0.3, 0.4) is 0 Å². The Balaban J connectivity index is 1.42. The summed E-state index contributed by atoms with van der Waals surface area (Å²) in [6.07, 6.45) is 2.24. The second-order valence-corrected chi connectivity index (χ2v) is 7.49. The molecule has 3 aromatic rings. The maximum Gasteiger partial charge on any atom is 0.223 e. The topological polar surface area (TPSA) is 75.3 Å². The molecule has 1 amide bonds. The molecule has 1 unspecified atom stereocenters. The molecule has 150 valence electrons. The van der Waals surface area contributed by atoms with E-state index in [0.29, 0.717) is 12.1 Å². The average molecular weight is 391 g/mol. The molecule has 1 N–H and O–H groups in total. The first kappa shape index (κ1) is 19.2. The highest BCUT2D eigenvalue weighted by molar-refractivity contribution is 5.98. The first-order valence-electron chi connectivity index (χ1n) is 9.99. The largest absolute Gasteiger partial charge is 0.496 e. The van der Waals surface area contributed by atoms with Crippen LogP contribution in [0.5, 0.6) is 5.75 Å². The number of hydrogen-bond acceptors (Lipinski definition) is 4. The number of ketones is 1. The van der Waals surface area contributed by atoms with Gasteiger partial charge in [-0.15, -0.1) is 0 Å². The van der Waals surface area contributed by atoms with Crippen molar-refractivity contribution in [3.8, 4) is 5.75 Å². The van der Waals surface area contributed by atoms with Gasteiger partial charge in [-0.3, -0.25) is 9.59 Å². The number of carbonyl (C=O) groups is 2. The molecule has 2 aromatic carbocycles. The molecule has 4 rings (SSSR count). The van der Waals surface area contributed by atoms with Crippen LogP contribution >= 0.6 is 0 Å². The SMILES string of the molecule is COc1ccc(C(=O)CCC(=O)N2CCCC2c2nc3ccccc3[nH]2)cc1C. The van der Waals surface area contributed by atoms with E-state index in [-0.39, 0.29) is 30.6 Å². The van der Waals surface area contributed by atoms with E-state index in [4.69, 9.17) is 4.74 Å². The molecule has 0 radical (unpaired) electrons. The van der Waals surface area contributed by atoms with Crippen LogP contribution in [-0.2, 0) is 4.79 Å². The number of H-pyrrole nitrogens is 1. The lowest BCUT2D eigenvalue weighted by molar-refractivity contribution is -0.132. The van der Waals surface area contributed by atoms with Crippen molar-refractivity contribution in [3.05, 3.63) is 59.4 Å². The zero-order valence-corrected chi connectivity index (χ0v) is 16.8. The van der Waals surface area contributed by atoms with Crippen LogP contribution in [0.2, 0.25) is 0 Å². The van der Waals surface area contributed by atoms with Crippen LogP contribution in [0.1, 0.15) is 53.5 Å². The number of likely N-dealkylation sites (tertiary alicyclic amines) is 1. The number of Topliss-reactive ketones (excluding diaryl/α,β-unsaturated/α-hetero) is 1. The number of aryl methyl sites for hydroxylation is 1. The number of aromatic nitrogens is 2. The van der Waals surface area contributed by atoms with E-state index in [2.05, 4.69) is 9.97 Å². The maximum atomic E-state index is 12.9. The highest BCUT2D eigenvalue weighted by Gasteiger charge is 2.32.